The van der Waals surface area contributed by atoms with Crippen LogP contribution >= 0.6 is 11.6 Å². The van der Waals surface area contributed by atoms with E-state index in [1.165, 1.54) is 7.11 Å². The number of nitrogens with one attached hydrogen (secondary N) is 1. The Labute approximate surface area is 165 Å². The van der Waals surface area contributed by atoms with Gasteiger partial charge in [-0.25, -0.2) is 0 Å². The molecule has 1 saturated heterocycles. The molecule has 1 aliphatic rings. The highest BCUT2D eigenvalue weighted by atomic mass is 35.5. The number of methoxy groups -OCH3 is 1. The number of piperidine rings is 1. The van der Waals surface area contributed by atoms with E-state index in [0.29, 0.717) is 31.0 Å². The number of halogens is 1. The second kappa shape index (κ2) is 9.74. The first-order valence-corrected chi connectivity index (χ1v) is 9.61. The molecule has 0 saturated carbocycles. The van der Waals surface area contributed by atoms with Crippen molar-refractivity contribution >= 4 is 29.4 Å². The van der Waals surface area contributed by atoms with Crippen LogP contribution < -0.4 is 5.32 Å². The summed E-state index contributed by atoms with van der Waals surface area (Å²) in [5.74, 6) is -0.583. The lowest BCUT2D eigenvalue weighted by Gasteiger charge is -2.33. The molecule has 1 aliphatic heterocycles. The van der Waals surface area contributed by atoms with Crippen molar-refractivity contribution in [1.82, 2.24) is 10.2 Å². The number of nitrogens with zero attached hydrogens (tertiary/aromatic N) is 1. The Hall–Kier alpha value is -2.08. The first-order chi connectivity index (χ1) is 12.8. The average Bonchev–Trinajstić information content (AvgIpc) is 2.67. The summed E-state index contributed by atoms with van der Waals surface area (Å²) in [5.41, 5.74) is 0.797. The topological polar surface area (TPSA) is 75.7 Å². The molecule has 0 spiro atoms. The highest BCUT2D eigenvalue weighted by Gasteiger charge is 2.30. The van der Waals surface area contributed by atoms with E-state index in [4.69, 9.17) is 16.3 Å². The molecule has 2 amide bonds. The quantitative estimate of drug-likeness (QED) is 0.752. The van der Waals surface area contributed by atoms with Crippen LogP contribution in [0.2, 0.25) is 5.02 Å². The van der Waals surface area contributed by atoms with E-state index in [2.05, 4.69) is 5.32 Å². The molecular formula is C20H27ClN2O4. The second-order valence-electron chi connectivity index (χ2n) is 7.15. The number of esters is 1. The van der Waals surface area contributed by atoms with Crippen LogP contribution in [-0.2, 0) is 19.1 Å². The Morgan fingerprint density at radius 3 is 2.30 bits per heavy atom. The normalized spacial score (nSPS) is 16.1. The van der Waals surface area contributed by atoms with E-state index in [-0.39, 0.29) is 30.1 Å². The van der Waals surface area contributed by atoms with Crippen LogP contribution in [0.15, 0.2) is 24.3 Å². The van der Waals surface area contributed by atoms with Gasteiger partial charge in [-0.15, -0.1) is 0 Å². The maximum Gasteiger partial charge on any atom is 0.307 e. The van der Waals surface area contributed by atoms with Gasteiger partial charge in [-0.3, -0.25) is 14.4 Å². The third-order valence-corrected chi connectivity index (χ3v) is 5.11. The average molecular weight is 395 g/mol. The molecular weight excluding hydrogens is 368 g/mol. The van der Waals surface area contributed by atoms with Gasteiger partial charge in [0.15, 0.2) is 0 Å². The molecule has 1 N–H and O–H groups in total. The van der Waals surface area contributed by atoms with Crippen LogP contribution in [0.5, 0.6) is 0 Å². The van der Waals surface area contributed by atoms with E-state index in [9.17, 15) is 14.4 Å². The zero-order chi connectivity index (χ0) is 20.0. The van der Waals surface area contributed by atoms with Crippen molar-refractivity contribution in [1.29, 1.82) is 0 Å². The van der Waals surface area contributed by atoms with E-state index in [1.54, 1.807) is 24.3 Å². The number of hydrogen-bond acceptors (Lipinski definition) is 4. The molecule has 2 rings (SSSR count). The lowest BCUT2D eigenvalue weighted by atomic mass is 9.94. The predicted octanol–water partition coefficient (Wildman–Crippen LogP) is 2.96. The van der Waals surface area contributed by atoms with Crippen molar-refractivity contribution in [3.8, 4) is 0 Å². The van der Waals surface area contributed by atoms with Gasteiger partial charge < -0.3 is 15.0 Å². The number of benzene rings is 1. The van der Waals surface area contributed by atoms with E-state index in [1.807, 2.05) is 18.7 Å². The molecule has 1 fully saturated rings. The summed E-state index contributed by atoms with van der Waals surface area (Å²) >= 11 is 5.93. The van der Waals surface area contributed by atoms with Gasteiger partial charge >= 0.3 is 5.97 Å². The van der Waals surface area contributed by atoms with Crippen LogP contribution in [0.1, 0.15) is 44.7 Å². The number of carbonyl (C=O) groups excluding carboxylic acids is 3. The molecule has 148 valence electrons. The summed E-state index contributed by atoms with van der Waals surface area (Å²) < 4.78 is 4.76. The van der Waals surface area contributed by atoms with E-state index >= 15 is 0 Å². The summed E-state index contributed by atoms with van der Waals surface area (Å²) in [7, 11) is 1.32. The summed E-state index contributed by atoms with van der Waals surface area (Å²) in [6.07, 6.45) is 1.29. The minimum atomic E-state index is -0.474. The minimum absolute atomic E-state index is 0.0373. The summed E-state index contributed by atoms with van der Waals surface area (Å²) in [6, 6.07) is 6.56. The molecule has 0 aliphatic carbocycles. The monoisotopic (exact) mass is 394 g/mol. The van der Waals surface area contributed by atoms with Gasteiger partial charge in [0.2, 0.25) is 11.8 Å². The minimum Gasteiger partial charge on any atom is -0.469 e. The molecule has 1 aromatic carbocycles. The second-order valence-corrected chi connectivity index (χ2v) is 7.58. The van der Waals surface area contributed by atoms with Crippen molar-refractivity contribution in [2.75, 3.05) is 20.2 Å². The van der Waals surface area contributed by atoms with Gasteiger partial charge in [-0.05, 0) is 30.5 Å². The Kier molecular flexibility index (Phi) is 7.66. The third-order valence-electron chi connectivity index (χ3n) is 4.86. The summed E-state index contributed by atoms with van der Waals surface area (Å²) in [4.78, 5) is 38.4. The zero-order valence-corrected chi connectivity index (χ0v) is 16.8. The Morgan fingerprint density at radius 2 is 1.78 bits per heavy atom. The molecule has 0 bridgehead atoms. The van der Waals surface area contributed by atoms with E-state index in [0.717, 1.165) is 5.56 Å². The molecule has 1 aromatic rings. The molecule has 0 aromatic heterocycles. The standard InChI is InChI=1S/C20H27ClN2O4/c1-13(2)20(26)23-10-8-15(9-11-23)19(25)22-17(12-18(24)27-3)14-4-6-16(21)7-5-14/h4-7,13,15,17H,8-12H2,1-3H3,(H,22,25). The third kappa shape index (κ3) is 5.96. The van der Waals surface area contributed by atoms with Gasteiger partial charge in [0.1, 0.15) is 0 Å². The largest absolute Gasteiger partial charge is 0.469 e. The van der Waals surface area contributed by atoms with Gasteiger partial charge in [0, 0.05) is 29.9 Å². The fourth-order valence-electron chi connectivity index (χ4n) is 3.21. The highest BCUT2D eigenvalue weighted by molar-refractivity contribution is 6.30. The van der Waals surface area contributed by atoms with Crippen LogP contribution in [0.3, 0.4) is 0 Å². The van der Waals surface area contributed by atoms with Gasteiger partial charge in [0.05, 0.1) is 19.6 Å². The Bertz CT molecular complexity index is 667. The van der Waals surface area contributed by atoms with Gasteiger partial charge in [-0.1, -0.05) is 37.6 Å². The van der Waals surface area contributed by atoms with Crippen molar-refractivity contribution in [2.45, 2.75) is 39.2 Å². The lowest BCUT2D eigenvalue weighted by Crippen LogP contribution is -2.45. The zero-order valence-electron chi connectivity index (χ0n) is 16.0. The highest BCUT2D eigenvalue weighted by Crippen LogP contribution is 2.23. The van der Waals surface area contributed by atoms with Crippen molar-refractivity contribution < 1.29 is 19.1 Å². The first kappa shape index (κ1) is 21.2. The molecule has 0 radical (unpaired) electrons. The molecule has 1 unspecified atom stereocenters. The fourth-order valence-corrected chi connectivity index (χ4v) is 3.34. The van der Waals surface area contributed by atoms with Crippen LogP contribution in [0, 0.1) is 11.8 Å². The molecule has 1 heterocycles. The molecule has 6 nitrogen and oxygen atoms in total. The van der Waals surface area contributed by atoms with Crippen LogP contribution in [0.25, 0.3) is 0 Å². The number of likely N-dealkylation sites (tertiary alicyclic amines) is 1. The number of amides is 2. The Balaban J connectivity index is 2.00. The Morgan fingerprint density at radius 1 is 1.19 bits per heavy atom. The van der Waals surface area contributed by atoms with Crippen molar-refractivity contribution in [3.63, 3.8) is 0 Å². The number of rotatable bonds is 6. The predicted molar refractivity (Wildman–Crippen MR) is 103 cm³/mol. The maximum atomic E-state index is 12.7. The number of carbonyl (C=O) groups is 3. The van der Waals surface area contributed by atoms with Crippen molar-refractivity contribution in [2.24, 2.45) is 11.8 Å². The van der Waals surface area contributed by atoms with Crippen LogP contribution in [-0.4, -0.2) is 42.9 Å². The molecule has 7 heteroatoms. The molecule has 27 heavy (non-hydrogen) atoms. The van der Waals surface area contributed by atoms with E-state index < -0.39 is 12.0 Å². The summed E-state index contributed by atoms with van der Waals surface area (Å²) in [5, 5.41) is 3.56. The summed E-state index contributed by atoms with van der Waals surface area (Å²) in [6.45, 7) is 4.92. The van der Waals surface area contributed by atoms with Gasteiger partial charge in [-0.2, -0.15) is 0 Å². The smallest absolute Gasteiger partial charge is 0.307 e. The lowest BCUT2D eigenvalue weighted by molar-refractivity contribution is -0.142. The van der Waals surface area contributed by atoms with Crippen molar-refractivity contribution in [3.05, 3.63) is 34.9 Å². The SMILES string of the molecule is COC(=O)CC(NC(=O)C1CCN(C(=O)C(C)C)CC1)c1ccc(Cl)cc1. The molecule has 1 atom stereocenters. The first-order valence-electron chi connectivity index (χ1n) is 9.23. The maximum absolute atomic E-state index is 12.7. The van der Waals surface area contributed by atoms with Crippen LogP contribution in [0.4, 0.5) is 0 Å². The van der Waals surface area contributed by atoms with Gasteiger partial charge in [0.25, 0.3) is 0 Å². The number of hydrogen-bond donors (Lipinski definition) is 1. The number of ether oxygens (including phenoxy) is 1. The fraction of sp³-hybridized carbons (Fsp3) is 0.550.